The van der Waals surface area contributed by atoms with E-state index in [1.807, 2.05) is 0 Å². The first-order valence-electron chi connectivity index (χ1n) is 12.2. The average Bonchev–Trinajstić information content (AvgIpc) is 3.31. The molecule has 1 aliphatic heterocycles. The predicted octanol–water partition coefficient (Wildman–Crippen LogP) is 5.58. The number of fused-ring (bicyclic) bond motifs is 1. The van der Waals surface area contributed by atoms with Crippen LogP contribution in [-0.4, -0.2) is 50.5 Å². The Hall–Kier alpha value is -4.32. The lowest BCUT2D eigenvalue weighted by atomic mass is 10.1. The van der Waals surface area contributed by atoms with Crippen LogP contribution >= 0.6 is 0 Å². The van der Waals surface area contributed by atoms with Crippen molar-refractivity contribution in [1.82, 2.24) is 24.6 Å². The predicted molar refractivity (Wildman–Crippen MR) is 139 cm³/mol. The number of aromatic nitrogens is 4. The quantitative estimate of drug-likeness (QED) is 0.181. The fraction of sp³-hybridized carbons (Fsp3) is 0.259. The lowest BCUT2D eigenvalue weighted by Crippen LogP contribution is -2.38. The second kappa shape index (κ2) is 10.4. The summed E-state index contributed by atoms with van der Waals surface area (Å²) in [5.41, 5.74) is 7.40. The normalized spacial score (nSPS) is 16.0. The summed E-state index contributed by atoms with van der Waals surface area (Å²) in [5.74, 6) is -5.76. The zero-order valence-electron chi connectivity index (χ0n) is 21.0. The number of rotatable bonds is 7. The third kappa shape index (κ3) is 4.94. The van der Waals surface area contributed by atoms with Crippen molar-refractivity contribution in [2.45, 2.75) is 25.8 Å². The van der Waals surface area contributed by atoms with Gasteiger partial charge in [-0.3, -0.25) is 4.90 Å². The van der Waals surface area contributed by atoms with Gasteiger partial charge in [0.25, 0.3) is 0 Å². The minimum Gasteiger partial charge on any atom is -0.451 e. The molecule has 0 spiro atoms. The Balaban J connectivity index is 1.52. The molecule has 1 fully saturated rings. The molecule has 4 aromatic rings. The number of benzene rings is 2. The third-order valence-electron chi connectivity index (χ3n) is 6.69. The fourth-order valence-corrected chi connectivity index (χ4v) is 4.81. The van der Waals surface area contributed by atoms with Crippen LogP contribution in [-0.2, 0) is 0 Å². The minimum absolute atomic E-state index is 0.0498. The number of hydrogen-bond donors (Lipinski definition) is 2. The molecule has 3 N–H and O–H groups in total. The highest BCUT2D eigenvalue weighted by Gasteiger charge is 2.28. The summed E-state index contributed by atoms with van der Waals surface area (Å²) in [7, 11) is 0. The second-order valence-electron chi connectivity index (χ2n) is 9.46. The van der Waals surface area contributed by atoms with E-state index in [4.69, 9.17) is 21.0 Å². The van der Waals surface area contributed by atoms with Crippen molar-refractivity contribution in [2.24, 2.45) is 0 Å². The highest BCUT2D eigenvalue weighted by molar-refractivity contribution is 5.98. The maximum absolute atomic E-state index is 15.4. The highest BCUT2D eigenvalue weighted by Crippen LogP contribution is 2.37. The zero-order valence-corrected chi connectivity index (χ0v) is 21.0. The van der Waals surface area contributed by atoms with Crippen molar-refractivity contribution in [3.8, 4) is 22.8 Å². The Morgan fingerprint density at radius 1 is 1.18 bits per heavy atom. The van der Waals surface area contributed by atoms with E-state index in [2.05, 4.69) is 21.4 Å². The molecule has 202 valence electrons. The van der Waals surface area contributed by atoms with Gasteiger partial charge >= 0.3 is 0 Å². The van der Waals surface area contributed by atoms with Crippen molar-refractivity contribution >= 4 is 23.1 Å². The molecule has 12 heteroatoms. The van der Waals surface area contributed by atoms with Gasteiger partial charge in [0.2, 0.25) is 11.6 Å². The van der Waals surface area contributed by atoms with Gasteiger partial charge in [0.15, 0.2) is 17.3 Å². The van der Waals surface area contributed by atoms with Gasteiger partial charge in [-0.1, -0.05) is 6.58 Å². The van der Waals surface area contributed by atoms with E-state index in [-0.39, 0.29) is 34.4 Å². The van der Waals surface area contributed by atoms with E-state index in [0.29, 0.717) is 35.8 Å². The summed E-state index contributed by atoms with van der Waals surface area (Å²) in [6, 6.07) is 4.19. The zero-order chi connectivity index (χ0) is 27.8. The summed E-state index contributed by atoms with van der Waals surface area (Å²) >= 11 is 0. The molecule has 1 saturated heterocycles. The fourth-order valence-electron chi connectivity index (χ4n) is 4.81. The van der Waals surface area contributed by atoms with Crippen LogP contribution in [0, 0.1) is 35.6 Å². The largest absolute Gasteiger partial charge is 0.451 e. The van der Waals surface area contributed by atoms with E-state index in [1.165, 1.54) is 31.6 Å². The monoisotopic (exact) mass is 539 g/mol. The SMILES string of the molecule is C=C(C=N)CN1CCCC(n2nc(-c3ccc(Oc4c(F)c(C)cc(F)c4F)cc3F)c3c(N)ncnc32)C1. The molecule has 1 atom stereocenters. The van der Waals surface area contributed by atoms with E-state index in [9.17, 15) is 13.2 Å². The number of anilines is 1. The van der Waals surface area contributed by atoms with Crippen molar-refractivity contribution in [3.05, 3.63) is 71.6 Å². The van der Waals surface area contributed by atoms with Gasteiger partial charge in [-0.2, -0.15) is 9.49 Å². The van der Waals surface area contributed by atoms with Crippen molar-refractivity contribution in [2.75, 3.05) is 25.4 Å². The molecule has 0 saturated carbocycles. The molecule has 0 aliphatic carbocycles. The van der Waals surface area contributed by atoms with E-state index in [0.717, 1.165) is 25.5 Å². The maximum atomic E-state index is 15.4. The average molecular weight is 540 g/mol. The van der Waals surface area contributed by atoms with Crippen LogP contribution in [0.3, 0.4) is 0 Å². The van der Waals surface area contributed by atoms with E-state index >= 15 is 4.39 Å². The van der Waals surface area contributed by atoms with E-state index < -0.39 is 29.0 Å². The number of nitrogen functional groups attached to an aromatic ring is 1. The van der Waals surface area contributed by atoms with Crippen LogP contribution in [0.15, 0.2) is 42.7 Å². The summed E-state index contributed by atoms with van der Waals surface area (Å²) in [6.07, 6.45) is 4.22. The lowest BCUT2D eigenvalue weighted by Gasteiger charge is -2.32. The number of piperidine rings is 1. The number of nitrogens with zero attached hydrogens (tertiary/aromatic N) is 5. The molecule has 1 unspecified atom stereocenters. The van der Waals surface area contributed by atoms with Crippen molar-refractivity contribution in [3.63, 3.8) is 0 Å². The Morgan fingerprint density at radius 3 is 2.72 bits per heavy atom. The van der Waals surface area contributed by atoms with Gasteiger partial charge in [-0.05, 0) is 55.6 Å². The molecule has 5 rings (SSSR count). The van der Waals surface area contributed by atoms with Crippen LogP contribution in [0.2, 0.25) is 0 Å². The Kier molecular flexibility index (Phi) is 7.04. The molecular formula is C27H25F4N7O. The first-order valence-corrected chi connectivity index (χ1v) is 12.2. The number of hydrogen-bond acceptors (Lipinski definition) is 7. The maximum Gasteiger partial charge on any atom is 0.204 e. The number of nitrogens with two attached hydrogens (primary N) is 1. The molecule has 8 nitrogen and oxygen atoms in total. The van der Waals surface area contributed by atoms with Gasteiger partial charge in [-0.25, -0.2) is 27.8 Å². The molecule has 0 amide bonds. The number of ether oxygens (including phenoxy) is 1. The Bertz CT molecular complexity index is 1580. The van der Waals surface area contributed by atoms with Crippen LogP contribution in [0.5, 0.6) is 11.5 Å². The van der Waals surface area contributed by atoms with Gasteiger partial charge in [0.1, 0.15) is 29.4 Å². The molecular weight excluding hydrogens is 514 g/mol. The van der Waals surface area contributed by atoms with Gasteiger partial charge in [0, 0.05) is 30.9 Å². The Labute approximate surface area is 221 Å². The molecule has 3 heterocycles. The van der Waals surface area contributed by atoms with Crippen molar-refractivity contribution in [1.29, 1.82) is 5.41 Å². The highest BCUT2D eigenvalue weighted by atomic mass is 19.2. The smallest absolute Gasteiger partial charge is 0.204 e. The topological polar surface area (TPSA) is 106 Å². The standard InChI is InChI=1S/C27H25F4N7O/c1-14(10-32)11-37-7-3-4-16(12-37)38-27-21(26(33)34-13-35-27)24(36-38)18-6-5-17(9-19(18)28)39-25-22(30)15(2)8-20(29)23(25)31/h5-6,8-10,13,16,32H,1,3-4,7,11-12H2,2H3,(H2,33,34,35). The molecule has 0 bridgehead atoms. The summed E-state index contributed by atoms with van der Waals surface area (Å²) in [4.78, 5) is 10.6. The summed E-state index contributed by atoms with van der Waals surface area (Å²) in [6.45, 7) is 7.14. The number of aryl methyl sites for hydroxylation is 1. The Morgan fingerprint density at radius 2 is 1.97 bits per heavy atom. The molecule has 2 aromatic carbocycles. The van der Waals surface area contributed by atoms with Crippen LogP contribution < -0.4 is 10.5 Å². The minimum atomic E-state index is -1.51. The summed E-state index contributed by atoms with van der Waals surface area (Å²) in [5, 5.41) is 12.5. The van der Waals surface area contributed by atoms with Gasteiger partial charge in [0.05, 0.1) is 11.4 Å². The molecule has 1 aliphatic rings. The molecule has 0 radical (unpaired) electrons. The first-order chi connectivity index (χ1) is 18.7. The van der Waals surface area contributed by atoms with E-state index in [1.54, 1.807) is 4.68 Å². The first kappa shape index (κ1) is 26.3. The number of halogens is 4. The summed E-state index contributed by atoms with van der Waals surface area (Å²) < 4.78 is 64.7. The third-order valence-corrected chi connectivity index (χ3v) is 6.69. The molecule has 2 aromatic heterocycles. The van der Waals surface area contributed by atoms with Crippen LogP contribution in [0.1, 0.15) is 24.4 Å². The van der Waals surface area contributed by atoms with Crippen molar-refractivity contribution < 1.29 is 22.3 Å². The number of likely N-dealkylation sites (tertiary alicyclic amines) is 1. The van der Waals surface area contributed by atoms with Gasteiger partial charge < -0.3 is 15.9 Å². The van der Waals surface area contributed by atoms with Crippen LogP contribution in [0.4, 0.5) is 23.4 Å². The lowest BCUT2D eigenvalue weighted by molar-refractivity contribution is 0.186. The molecule has 39 heavy (non-hydrogen) atoms. The van der Waals surface area contributed by atoms with Gasteiger partial charge in [-0.15, -0.1) is 0 Å². The number of nitrogens with one attached hydrogen (secondary N) is 1. The van der Waals surface area contributed by atoms with Crippen LogP contribution in [0.25, 0.3) is 22.3 Å². The second-order valence-corrected chi connectivity index (χ2v) is 9.46.